The third-order valence-electron chi connectivity index (χ3n) is 3.80. The second-order valence-electron chi connectivity index (χ2n) is 5.76. The van der Waals surface area contributed by atoms with Gasteiger partial charge in [0.2, 0.25) is 0 Å². The van der Waals surface area contributed by atoms with Crippen LogP contribution < -0.4 is 11.3 Å². The first-order chi connectivity index (χ1) is 9.11. The minimum Gasteiger partial charge on any atom is -0.378 e. The van der Waals surface area contributed by atoms with Gasteiger partial charge in [-0.15, -0.1) is 0 Å². The molecule has 3 N–H and O–H groups in total. The number of hydrogen-bond donors (Lipinski definition) is 2. The first-order valence-corrected chi connectivity index (χ1v) is 7.06. The summed E-state index contributed by atoms with van der Waals surface area (Å²) in [5.74, 6) is 7.71. The van der Waals surface area contributed by atoms with Crippen molar-refractivity contribution < 1.29 is 4.74 Å². The Balaban J connectivity index is 2.03. The fourth-order valence-electron chi connectivity index (χ4n) is 2.75. The summed E-state index contributed by atoms with van der Waals surface area (Å²) in [5, 5.41) is 4.30. The molecule has 6 nitrogen and oxygen atoms in total. The Labute approximate surface area is 114 Å². The molecule has 0 aromatic carbocycles. The van der Waals surface area contributed by atoms with E-state index >= 15 is 0 Å². The molecule has 2 rings (SSSR count). The molecular weight excluding hydrogens is 242 g/mol. The molecule has 0 radical (unpaired) electrons. The normalized spacial score (nSPS) is 25.1. The minimum absolute atomic E-state index is 0.188. The van der Waals surface area contributed by atoms with Gasteiger partial charge in [0.25, 0.3) is 0 Å². The van der Waals surface area contributed by atoms with Crippen molar-refractivity contribution >= 4 is 0 Å². The molecule has 2 heterocycles. The Morgan fingerprint density at radius 2 is 2.37 bits per heavy atom. The lowest BCUT2D eigenvalue weighted by Crippen LogP contribution is -2.45. The number of ether oxygens (including phenoxy) is 1. The molecule has 6 heteroatoms. The molecule has 3 unspecified atom stereocenters. The molecule has 19 heavy (non-hydrogen) atoms. The van der Waals surface area contributed by atoms with Gasteiger partial charge in [-0.05, 0) is 19.3 Å². The smallest absolute Gasteiger partial charge is 0.138 e. The van der Waals surface area contributed by atoms with Crippen LogP contribution in [0.5, 0.6) is 0 Å². The second kappa shape index (κ2) is 6.45. The summed E-state index contributed by atoms with van der Waals surface area (Å²) in [6, 6.07) is 0.188. The topological polar surface area (TPSA) is 78.0 Å². The zero-order valence-electron chi connectivity index (χ0n) is 12.0. The van der Waals surface area contributed by atoms with Gasteiger partial charge in [-0.2, -0.15) is 5.10 Å². The molecule has 108 valence electrons. The molecule has 0 aliphatic carbocycles. The predicted octanol–water partition coefficient (Wildman–Crippen LogP) is 0.734. The van der Waals surface area contributed by atoms with Crippen LogP contribution in [-0.2, 0) is 17.7 Å². The highest BCUT2D eigenvalue weighted by Gasteiger charge is 2.32. The van der Waals surface area contributed by atoms with Crippen LogP contribution in [-0.4, -0.2) is 33.5 Å². The highest BCUT2D eigenvalue weighted by atomic mass is 16.5. The lowest BCUT2D eigenvalue weighted by molar-refractivity contribution is 0.0950. The first kappa shape index (κ1) is 14.4. The molecular formula is C13H25N5O. The van der Waals surface area contributed by atoms with E-state index in [0.29, 0.717) is 11.8 Å². The number of hydrazine groups is 1. The van der Waals surface area contributed by atoms with Crippen LogP contribution in [0.15, 0.2) is 6.33 Å². The zero-order chi connectivity index (χ0) is 13.8. The van der Waals surface area contributed by atoms with E-state index in [9.17, 15) is 0 Å². The third kappa shape index (κ3) is 3.52. The molecule has 0 spiro atoms. The van der Waals surface area contributed by atoms with Crippen molar-refractivity contribution in [3.8, 4) is 0 Å². The molecule has 0 amide bonds. The summed E-state index contributed by atoms with van der Waals surface area (Å²) in [6.45, 7) is 8.18. The Kier molecular flexibility index (Phi) is 4.90. The van der Waals surface area contributed by atoms with Gasteiger partial charge in [0.1, 0.15) is 12.2 Å². The van der Waals surface area contributed by atoms with Gasteiger partial charge < -0.3 is 4.74 Å². The lowest BCUT2D eigenvalue weighted by atomic mass is 9.91. The van der Waals surface area contributed by atoms with E-state index in [-0.39, 0.29) is 12.1 Å². The summed E-state index contributed by atoms with van der Waals surface area (Å²) >= 11 is 0. The van der Waals surface area contributed by atoms with Crippen molar-refractivity contribution in [2.75, 3.05) is 6.61 Å². The summed E-state index contributed by atoms with van der Waals surface area (Å²) < 4.78 is 7.61. The second-order valence-corrected chi connectivity index (χ2v) is 5.76. The van der Waals surface area contributed by atoms with Crippen LogP contribution in [0.3, 0.4) is 0 Å². The van der Waals surface area contributed by atoms with Crippen molar-refractivity contribution in [1.29, 1.82) is 0 Å². The maximum Gasteiger partial charge on any atom is 0.138 e. The van der Waals surface area contributed by atoms with Gasteiger partial charge >= 0.3 is 0 Å². The zero-order valence-corrected chi connectivity index (χ0v) is 12.0. The number of hydrogen-bond acceptors (Lipinski definition) is 5. The van der Waals surface area contributed by atoms with E-state index in [4.69, 9.17) is 10.6 Å². The molecule has 1 aliphatic heterocycles. The van der Waals surface area contributed by atoms with Crippen molar-refractivity contribution in [2.24, 2.45) is 17.7 Å². The molecule has 1 aromatic rings. The van der Waals surface area contributed by atoms with E-state index in [0.717, 1.165) is 31.8 Å². The average Bonchev–Trinajstić information content (AvgIpc) is 2.95. The standard InChI is InChI=1S/C13H25N5O/c1-9(2)7-18-13(15-8-16-18)6-12(17-14)11-4-5-19-10(11)3/h8-12,17H,4-7,14H2,1-3H3. The summed E-state index contributed by atoms with van der Waals surface area (Å²) in [7, 11) is 0. The Morgan fingerprint density at radius 3 is 2.95 bits per heavy atom. The quantitative estimate of drug-likeness (QED) is 0.587. The van der Waals surface area contributed by atoms with Gasteiger partial charge in [-0.3, -0.25) is 11.3 Å². The van der Waals surface area contributed by atoms with Gasteiger partial charge in [-0.1, -0.05) is 13.8 Å². The first-order valence-electron chi connectivity index (χ1n) is 7.06. The largest absolute Gasteiger partial charge is 0.378 e. The van der Waals surface area contributed by atoms with Crippen LogP contribution in [0, 0.1) is 11.8 Å². The summed E-state index contributed by atoms with van der Waals surface area (Å²) in [6.07, 6.45) is 3.72. The Hall–Kier alpha value is -0.980. The van der Waals surface area contributed by atoms with E-state index in [1.165, 1.54) is 0 Å². The van der Waals surface area contributed by atoms with Gasteiger partial charge in [0.15, 0.2) is 0 Å². The van der Waals surface area contributed by atoms with Crippen LogP contribution in [0.4, 0.5) is 0 Å². The van der Waals surface area contributed by atoms with Crippen molar-refractivity contribution in [3.63, 3.8) is 0 Å². The number of rotatable bonds is 6. The molecule has 1 aromatic heterocycles. The molecule has 1 aliphatic rings. The number of aromatic nitrogens is 3. The van der Waals surface area contributed by atoms with Crippen LogP contribution in [0.2, 0.25) is 0 Å². The van der Waals surface area contributed by atoms with Crippen LogP contribution in [0.25, 0.3) is 0 Å². The van der Waals surface area contributed by atoms with Crippen molar-refractivity contribution in [3.05, 3.63) is 12.2 Å². The van der Waals surface area contributed by atoms with E-state index in [1.807, 2.05) is 4.68 Å². The minimum atomic E-state index is 0.188. The predicted molar refractivity (Wildman–Crippen MR) is 73.2 cm³/mol. The fraction of sp³-hybridized carbons (Fsp3) is 0.846. The number of nitrogens with one attached hydrogen (secondary N) is 1. The highest BCUT2D eigenvalue weighted by molar-refractivity contribution is 4.94. The maximum atomic E-state index is 5.72. The molecule has 1 saturated heterocycles. The molecule has 0 saturated carbocycles. The van der Waals surface area contributed by atoms with Crippen molar-refractivity contribution in [2.45, 2.75) is 52.3 Å². The Morgan fingerprint density at radius 1 is 1.58 bits per heavy atom. The van der Waals surface area contributed by atoms with Gasteiger partial charge in [-0.25, -0.2) is 9.67 Å². The number of nitrogens with two attached hydrogens (primary N) is 1. The Bertz CT molecular complexity index is 392. The molecule has 3 atom stereocenters. The van der Waals surface area contributed by atoms with Crippen LogP contribution in [0.1, 0.15) is 33.0 Å². The number of nitrogens with zero attached hydrogens (tertiary/aromatic N) is 3. The molecule has 1 fully saturated rings. The van der Waals surface area contributed by atoms with Gasteiger partial charge in [0.05, 0.1) is 6.10 Å². The summed E-state index contributed by atoms with van der Waals surface area (Å²) in [5.41, 5.74) is 2.93. The van der Waals surface area contributed by atoms with E-state index < -0.39 is 0 Å². The fourth-order valence-corrected chi connectivity index (χ4v) is 2.75. The lowest BCUT2D eigenvalue weighted by Gasteiger charge is -2.25. The molecule has 0 bridgehead atoms. The van der Waals surface area contributed by atoms with Crippen molar-refractivity contribution in [1.82, 2.24) is 20.2 Å². The van der Waals surface area contributed by atoms with E-state index in [2.05, 4.69) is 36.3 Å². The van der Waals surface area contributed by atoms with E-state index in [1.54, 1.807) is 6.33 Å². The monoisotopic (exact) mass is 267 g/mol. The SMILES string of the molecule is CC(C)Cn1ncnc1CC(NN)C1CCOC1C. The third-order valence-corrected chi connectivity index (χ3v) is 3.80. The maximum absolute atomic E-state index is 5.72. The van der Waals surface area contributed by atoms with Gasteiger partial charge in [0, 0.05) is 31.5 Å². The average molecular weight is 267 g/mol. The van der Waals surface area contributed by atoms with Crippen LogP contribution >= 0.6 is 0 Å². The highest BCUT2D eigenvalue weighted by Crippen LogP contribution is 2.25. The summed E-state index contributed by atoms with van der Waals surface area (Å²) in [4.78, 5) is 4.37.